The van der Waals surface area contributed by atoms with E-state index in [1.165, 1.54) is 12.3 Å². The number of rotatable bonds is 3. The van der Waals surface area contributed by atoms with E-state index in [9.17, 15) is 9.59 Å². The fourth-order valence-corrected chi connectivity index (χ4v) is 1.61. The zero-order valence-electron chi connectivity index (χ0n) is 9.46. The predicted molar refractivity (Wildman–Crippen MR) is 66.7 cm³/mol. The molecule has 0 unspecified atom stereocenters. The van der Waals surface area contributed by atoms with Crippen LogP contribution in [0, 0.1) is 0 Å². The van der Waals surface area contributed by atoms with Gasteiger partial charge in [0.2, 0.25) is 5.91 Å². The van der Waals surface area contributed by atoms with Crippen molar-refractivity contribution in [3.05, 3.63) is 53.7 Å². The van der Waals surface area contributed by atoms with Crippen LogP contribution in [0.1, 0.15) is 20.7 Å². The van der Waals surface area contributed by atoms with Crippen LogP contribution in [0.4, 0.5) is 0 Å². The Morgan fingerprint density at radius 1 is 1.00 bits per heavy atom. The fraction of sp³-hybridized carbons (Fsp3) is 0. The number of pyridine rings is 1. The summed E-state index contributed by atoms with van der Waals surface area (Å²) in [6.07, 6.45) is 1.33. The Bertz CT molecular complexity index is 609. The first-order chi connectivity index (χ1) is 8.59. The molecule has 4 N–H and O–H groups in total. The highest BCUT2D eigenvalue weighted by Crippen LogP contribution is 2.21. The van der Waals surface area contributed by atoms with Crippen molar-refractivity contribution < 1.29 is 9.59 Å². The summed E-state index contributed by atoms with van der Waals surface area (Å²) in [5.74, 6) is -1.30. The Hall–Kier alpha value is -2.69. The molecule has 2 aromatic rings. The van der Waals surface area contributed by atoms with Gasteiger partial charge in [0.25, 0.3) is 5.91 Å². The average molecular weight is 241 g/mol. The molecular weight excluding hydrogens is 230 g/mol. The molecule has 0 saturated carbocycles. The topological polar surface area (TPSA) is 99.1 Å². The molecule has 90 valence electrons. The van der Waals surface area contributed by atoms with Gasteiger partial charge in [-0.15, -0.1) is 0 Å². The van der Waals surface area contributed by atoms with Gasteiger partial charge in [-0.1, -0.05) is 30.3 Å². The number of benzene rings is 1. The van der Waals surface area contributed by atoms with Crippen molar-refractivity contribution in [2.24, 2.45) is 11.5 Å². The number of hydrogen-bond donors (Lipinski definition) is 2. The van der Waals surface area contributed by atoms with Crippen LogP contribution >= 0.6 is 0 Å². The summed E-state index contributed by atoms with van der Waals surface area (Å²) in [6.45, 7) is 0. The van der Waals surface area contributed by atoms with E-state index < -0.39 is 11.8 Å². The fourth-order valence-electron chi connectivity index (χ4n) is 1.61. The molecule has 0 spiro atoms. The van der Waals surface area contributed by atoms with E-state index in [1.54, 1.807) is 12.1 Å². The monoisotopic (exact) mass is 241 g/mol. The number of hydrogen-bond acceptors (Lipinski definition) is 3. The second kappa shape index (κ2) is 4.67. The summed E-state index contributed by atoms with van der Waals surface area (Å²) in [5.41, 5.74) is 12.0. The Morgan fingerprint density at radius 2 is 1.67 bits per heavy atom. The molecule has 5 nitrogen and oxygen atoms in total. The first kappa shape index (κ1) is 11.8. The van der Waals surface area contributed by atoms with Crippen LogP contribution in [-0.2, 0) is 0 Å². The number of primary amides is 2. The average Bonchev–Trinajstić information content (AvgIpc) is 2.39. The highest BCUT2D eigenvalue weighted by molar-refractivity contribution is 6.02. The Balaban J connectivity index is 2.61. The van der Waals surface area contributed by atoms with E-state index in [2.05, 4.69) is 4.98 Å². The van der Waals surface area contributed by atoms with Crippen LogP contribution in [0.3, 0.4) is 0 Å². The van der Waals surface area contributed by atoms with E-state index in [0.29, 0.717) is 5.69 Å². The largest absolute Gasteiger partial charge is 0.366 e. The zero-order valence-corrected chi connectivity index (χ0v) is 9.46. The third-order valence-corrected chi connectivity index (χ3v) is 2.48. The maximum Gasteiger partial charge on any atom is 0.250 e. The number of nitrogens with zero attached hydrogens (tertiary/aromatic N) is 1. The summed E-state index contributed by atoms with van der Waals surface area (Å²) in [4.78, 5) is 26.5. The van der Waals surface area contributed by atoms with Gasteiger partial charge in [0.05, 0.1) is 16.8 Å². The van der Waals surface area contributed by atoms with E-state index in [0.717, 1.165) is 5.56 Å². The molecule has 1 heterocycles. The van der Waals surface area contributed by atoms with Crippen LogP contribution < -0.4 is 11.5 Å². The summed E-state index contributed by atoms with van der Waals surface area (Å²) in [7, 11) is 0. The molecule has 2 amide bonds. The smallest absolute Gasteiger partial charge is 0.250 e. The lowest BCUT2D eigenvalue weighted by Gasteiger charge is -2.07. The van der Waals surface area contributed by atoms with Crippen molar-refractivity contribution in [3.63, 3.8) is 0 Å². The minimum atomic E-state index is -0.649. The van der Waals surface area contributed by atoms with Crippen molar-refractivity contribution in [1.82, 2.24) is 4.98 Å². The molecule has 1 aromatic heterocycles. The Kier molecular flexibility index (Phi) is 3.05. The summed E-state index contributed by atoms with van der Waals surface area (Å²) >= 11 is 0. The normalized spacial score (nSPS) is 10.0. The van der Waals surface area contributed by atoms with Gasteiger partial charge in [-0.25, -0.2) is 0 Å². The maximum absolute atomic E-state index is 11.4. The van der Waals surface area contributed by atoms with Crippen molar-refractivity contribution in [1.29, 1.82) is 0 Å². The van der Waals surface area contributed by atoms with Crippen molar-refractivity contribution in [2.45, 2.75) is 0 Å². The molecule has 0 aliphatic carbocycles. The van der Waals surface area contributed by atoms with Crippen LogP contribution in [-0.4, -0.2) is 16.8 Å². The van der Waals surface area contributed by atoms with Gasteiger partial charge >= 0.3 is 0 Å². The second-order valence-electron chi connectivity index (χ2n) is 3.71. The van der Waals surface area contributed by atoms with E-state index in [-0.39, 0.29) is 11.1 Å². The highest BCUT2D eigenvalue weighted by Gasteiger charge is 2.14. The standard InChI is InChI=1S/C13H11N3O2/c14-12(17)9-6-10(13(15)18)11(16-7-9)8-4-2-1-3-5-8/h1-7H,(H2,14,17)(H2,15,18). The molecular formula is C13H11N3O2. The van der Waals surface area contributed by atoms with Crippen molar-refractivity contribution in [2.75, 3.05) is 0 Å². The van der Waals surface area contributed by atoms with Crippen molar-refractivity contribution >= 4 is 11.8 Å². The maximum atomic E-state index is 11.4. The zero-order chi connectivity index (χ0) is 13.1. The minimum absolute atomic E-state index is 0.156. The lowest BCUT2D eigenvalue weighted by Crippen LogP contribution is -2.17. The van der Waals surface area contributed by atoms with Gasteiger partial charge in [0, 0.05) is 11.8 Å². The lowest BCUT2D eigenvalue weighted by atomic mass is 10.0. The van der Waals surface area contributed by atoms with Crippen molar-refractivity contribution in [3.8, 4) is 11.3 Å². The molecule has 0 saturated heterocycles. The van der Waals surface area contributed by atoms with Gasteiger partial charge in [-0.3, -0.25) is 14.6 Å². The van der Waals surface area contributed by atoms with Gasteiger partial charge in [0.1, 0.15) is 0 Å². The molecule has 0 fully saturated rings. The van der Waals surface area contributed by atoms with Gasteiger partial charge in [0.15, 0.2) is 0 Å². The predicted octanol–water partition coefficient (Wildman–Crippen LogP) is 0.946. The molecule has 2 rings (SSSR count). The molecule has 0 atom stereocenters. The summed E-state index contributed by atoms with van der Waals surface area (Å²) in [6, 6.07) is 10.5. The van der Waals surface area contributed by atoms with E-state index in [1.807, 2.05) is 18.2 Å². The minimum Gasteiger partial charge on any atom is -0.366 e. The third-order valence-electron chi connectivity index (χ3n) is 2.48. The van der Waals surface area contributed by atoms with Crippen LogP contribution in [0.5, 0.6) is 0 Å². The summed E-state index contributed by atoms with van der Waals surface area (Å²) < 4.78 is 0. The highest BCUT2D eigenvalue weighted by atomic mass is 16.1. The second-order valence-corrected chi connectivity index (χ2v) is 3.71. The molecule has 0 aliphatic heterocycles. The SMILES string of the molecule is NC(=O)c1cnc(-c2ccccc2)c(C(N)=O)c1. The molecule has 5 heteroatoms. The Morgan fingerprint density at radius 3 is 2.22 bits per heavy atom. The van der Waals surface area contributed by atoms with Crippen LogP contribution in [0.2, 0.25) is 0 Å². The number of carbonyl (C=O) groups excluding carboxylic acids is 2. The first-order valence-electron chi connectivity index (χ1n) is 5.24. The van der Waals surface area contributed by atoms with Crippen LogP contribution in [0.25, 0.3) is 11.3 Å². The van der Waals surface area contributed by atoms with Gasteiger partial charge in [-0.2, -0.15) is 0 Å². The third kappa shape index (κ3) is 2.20. The molecule has 18 heavy (non-hydrogen) atoms. The number of amides is 2. The number of nitrogens with two attached hydrogens (primary N) is 2. The summed E-state index contributed by atoms with van der Waals surface area (Å²) in [5, 5.41) is 0. The molecule has 0 aliphatic rings. The molecule has 0 radical (unpaired) electrons. The Labute approximate surface area is 103 Å². The quantitative estimate of drug-likeness (QED) is 0.836. The van der Waals surface area contributed by atoms with Gasteiger partial charge in [-0.05, 0) is 6.07 Å². The first-order valence-corrected chi connectivity index (χ1v) is 5.24. The lowest BCUT2D eigenvalue weighted by molar-refractivity contribution is 0.0999. The van der Waals surface area contributed by atoms with E-state index in [4.69, 9.17) is 11.5 Å². The van der Waals surface area contributed by atoms with Gasteiger partial charge < -0.3 is 11.5 Å². The number of carbonyl (C=O) groups is 2. The van der Waals surface area contributed by atoms with E-state index >= 15 is 0 Å². The number of aromatic nitrogens is 1. The van der Waals surface area contributed by atoms with Crippen LogP contribution in [0.15, 0.2) is 42.6 Å². The molecule has 1 aromatic carbocycles. The molecule has 0 bridgehead atoms.